The van der Waals surface area contributed by atoms with Gasteiger partial charge in [0.25, 0.3) is 0 Å². The zero-order valence-corrected chi connectivity index (χ0v) is 17.6. The normalized spacial score (nSPS) is 14.3. The number of unbranched alkanes of at least 4 members (excludes halogenated alkanes) is 1. The molecule has 0 N–H and O–H groups in total. The number of ether oxygens (including phenoxy) is 3. The maximum atomic E-state index is 10.9. The predicted molar refractivity (Wildman–Crippen MR) is 117 cm³/mol. The molecule has 1 heterocycles. The molecule has 0 saturated heterocycles. The van der Waals surface area contributed by atoms with Crippen LogP contribution < -0.4 is 4.74 Å². The van der Waals surface area contributed by atoms with Crippen molar-refractivity contribution in [3.8, 4) is 17.0 Å². The molecule has 0 radical (unpaired) electrons. The number of hydrogen-bond donors (Lipinski definition) is 0. The highest BCUT2D eigenvalue weighted by molar-refractivity contribution is 5.81. The molecule has 1 aliphatic rings. The van der Waals surface area contributed by atoms with E-state index in [1.54, 1.807) is 6.20 Å². The van der Waals surface area contributed by atoms with Gasteiger partial charge < -0.3 is 14.2 Å². The minimum Gasteiger partial charge on any atom is -0.492 e. The van der Waals surface area contributed by atoms with E-state index in [1.165, 1.54) is 43.7 Å². The molecule has 3 rings (SSSR count). The van der Waals surface area contributed by atoms with Gasteiger partial charge in [-0.05, 0) is 43.4 Å². The van der Waals surface area contributed by atoms with Crippen LogP contribution in [0.1, 0.15) is 50.5 Å². The molecule has 5 nitrogen and oxygen atoms in total. The first-order valence-corrected chi connectivity index (χ1v) is 10.8. The van der Waals surface area contributed by atoms with Crippen molar-refractivity contribution in [1.29, 1.82) is 0 Å². The lowest BCUT2D eigenvalue weighted by Crippen LogP contribution is -2.16. The maximum Gasteiger partial charge on any atom is 0.330 e. The van der Waals surface area contributed by atoms with Crippen LogP contribution in [0.3, 0.4) is 0 Å². The summed E-state index contributed by atoms with van der Waals surface area (Å²) in [5.74, 6) is 0.347. The summed E-state index contributed by atoms with van der Waals surface area (Å²) < 4.78 is 16.7. The van der Waals surface area contributed by atoms with E-state index in [2.05, 4.69) is 35.8 Å². The number of benzene rings is 1. The van der Waals surface area contributed by atoms with Crippen LogP contribution in [0.5, 0.6) is 5.75 Å². The number of carbonyl (C=O) groups is 1. The first kappa shape index (κ1) is 22.0. The van der Waals surface area contributed by atoms with E-state index >= 15 is 0 Å². The Balaban J connectivity index is 1.39. The summed E-state index contributed by atoms with van der Waals surface area (Å²) in [5.41, 5.74) is 3.19. The zero-order chi connectivity index (χ0) is 21.0. The highest BCUT2D eigenvalue weighted by Gasteiger charge is 2.13. The predicted octanol–water partition coefficient (Wildman–Crippen LogP) is 5.49. The number of pyridine rings is 1. The van der Waals surface area contributed by atoms with Crippen LogP contribution in [0.2, 0.25) is 0 Å². The fourth-order valence-electron chi connectivity index (χ4n) is 3.48. The zero-order valence-electron chi connectivity index (χ0n) is 17.6. The molecule has 5 heteroatoms. The minimum absolute atomic E-state index is 0.382. The van der Waals surface area contributed by atoms with Crippen LogP contribution in [0.25, 0.3) is 11.3 Å². The van der Waals surface area contributed by atoms with Gasteiger partial charge in [-0.15, -0.1) is 0 Å². The molecule has 0 bridgehead atoms. The van der Waals surface area contributed by atoms with Gasteiger partial charge in [-0.2, -0.15) is 0 Å². The first-order valence-electron chi connectivity index (χ1n) is 10.8. The van der Waals surface area contributed by atoms with E-state index in [-0.39, 0.29) is 5.97 Å². The Kier molecular flexibility index (Phi) is 8.91. The minimum atomic E-state index is -0.388. The van der Waals surface area contributed by atoms with E-state index in [4.69, 9.17) is 14.2 Å². The fraction of sp³-hybridized carbons (Fsp3) is 0.440. The van der Waals surface area contributed by atoms with Crippen molar-refractivity contribution >= 4 is 5.97 Å². The van der Waals surface area contributed by atoms with Crippen LogP contribution in [0, 0.1) is 0 Å². The Labute approximate surface area is 179 Å². The Morgan fingerprint density at radius 1 is 1.03 bits per heavy atom. The van der Waals surface area contributed by atoms with Crippen LogP contribution >= 0.6 is 0 Å². The van der Waals surface area contributed by atoms with E-state index in [1.807, 2.05) is 12.1 Å². The molecule has 0 spiro atoms. The van der Waals surface area contributed by atoms with Gasteiger partial charge in [0.05, 0.1) is 37.8 Å². The Morgan fingerprint density at radius 2 is 1.80 bits per heavy atom. The van der Waals surface area contributed by atoms with Crippen molar-refractivity contribution in [2.45, 2.75) is 57.7 Å². The number of esters is 1. The van der Waals surface area contributed by atoms with Crippen LogP contribution in [0.15, 0.2) is 55.3 Å². The molecular formula is C25H31NO4. The average molecular weight is 410 g/mol. The Morgan fingerprint density at radius 3 is 2.50 bits per heavy atom. The third-order valence-electron chi connectivity index (χ3n) is 5.24. The van der Waals surface area contributed by atoms with E-state index in [0.29, 0.717) is 25.9 Å². The molecule has 1 saturated carbocycles. The molecule has 30 heavy (non-hydrogen) atoms. The number of hydrogen-bond acceptors (Lipinski definition) is 5. The third-order valence-corrected chi connectivity index (χ3v) is 5.24. The Hall–Kier alpha value is -2.66. The number of nitrogens with zero attached hydrogens (tertiary/aromatic N) is 1. The first-order chi connectivity index (χ1) is 14.7. The summed E-state index contributed by atoms with van der Waals surface area (Å²) in [7, 11) is 0. The van der Waals surface area contributed by atoms with Gasteiger partial charge >= 0.3 is 5.97 Å². The lowest BCUT2D eigenvalue weighted by atomic mass is 9.98. The second-order valence-electron chi connectivity index (χ2n) is 7.57. The molecule has 2 aromatic rings. The summed E-state index contributed by atoms with van der Waals surface area (Å²) >= 11 is 0. The topological polar surface area (TPSA) is 57.7 Å². The molecule has 1 aromatic carbocycles. The molecule has 1 fully saturated rings. The van der Waals surface area contributed by atoms with Crippen molar-refractivity contribution < 1.29 is 19.0 Å². The molecule has 0 amide bonds. The molecule has 1 aliphatic carbocycles. The summed E-state index contributed by atoms with van der Waals surface area (Å²) in [6.07, 6.45) is 11.2. The lowest BCUT2D eigenvalue weighted by molar-refractivity contribution is -0.137. The smallest absolute Gasteiger partial charge is 0.330 e. The van der Waals surface area contributed by atoms with Crippen molar-refractivity contribution in [2.24, 2.45) is 0 Å². The SMILES string of the molecule is C=CC(=O)OCCCCOc1ccc(-c2ccc(COC3CCCCC3)cc2)nc1. The van der Waals surface area contributed by atoms with Gasteiger partial charge in [-0.25, -0.2) is 4.79 Å². The van der Waals surface area contributed by atoms with Crippen molar-refractivity contribution in [1.82, 2.24) is 4.98 Å². The molecule has 1 aromatic heterocycles. The van der Waals surface area contributed by atoms with Gasteiger partial charge in [0.2, 0.25) is 0 Å². The third kappa shape index (κ3) is 7.30. The van der Waals surface area contributed by atoms with E-state index < -0.39 is 0 Å². The number of carbonyl (C=O) groups excluding carboxylic acids is 1. The summed E-state index contributed by atoms with van der Waals surface area (Å²) in [4.78, 5) is 15.5. The summed E-state index contributed by atoms with van der Waals surface area (Å²) in [6, 6.07) is 12.3. The second-order valence-corrected chi connectivity index (χ2v) is 7.57. The van der Waals surface area contributed by atoms with Crippen LogP contribution in [-0.4, -0.2) is 30.3 Å². The van der Waals surface area contributed by atoms with Crippen LogP contribution in [-0.2, 0) is 20.9 Å². The van der Waals surface area contributed by atoms with Gasteiger partial charge in [0.15, 0.2) is 0 Å². The van der Waals surface area contributed by atoms with Gasteiger partial charge in [-0.1, -0.05) is 50.1 Å². The standard InChI is InChI=1S/C25H31NO4/c1-2-25(27)29-17-7-6-16-28-23-14-15-24(26-18-23)21-12-10-20(11-13-21)19-30-22-8-4-3-5-9-22/h2,10-15,18,22H,1,3-9,16-17,19H2. The monoisotopic (exact) mass is 409 g/mol. The number of aromatic nitrogens is 1. The van der Waals surface area contributed by atoms with Crippen molar-refractivity contribution in [2.75, 3.05) is 13.2 Å². The Bertz CT molecular complexity index is 780. The van der Waals surface area contributed by atoms with Crippen molar-refractivity contribution in [3.05, 3.63) is 60.8 Å². The molecular weight excluding hydrogens is 378 g/mol. The van der Waals surface area contributed by atoms with Gasteiger partial charge in [0, 0.05) is 11.6 Å². The summed E-state index contributed by atoms with van der Waals surface area (Å²) in [5, 5.41) is 0. The van der Waals surface area contributed by atoms with E-state index in [0.717, 1.165) is 29.8 Å². The van der Waals surface area contributed by atoms with E-state index in [9.17, 15) is 4.79 Å². The second kappa shape index (κ2) is 12.1. The van der Waals surface area contributed by atoms with Gasteiger partial charge in [0.1, 0.15) is 5.75 Å². The van der Waals surface area contributed by atoms with Crippen LogP contribution in [0.4, 0.5) is 0 Å². The maximum absolute atomic E-state index is 10.9. The largest absolute Gasteiger partial charge is 0.492 e. The molecule has 0 unspecified atom stereocenters. The average Bonchev–Trinajstić information content (AvgIpc) is 2.81. The van der Waals surface area contributed by atoms with Crippen molar-refractivity contribution in [3.63, 3.8) is 0 Å². The fourth-order valence-corrected chi connectivity index (χ4v) is 3.48. The highest BCUT2D eigenvalue weighted by atomic mass is 16.5. The lowest BCUT2D eigenvalue weighted by Gasteiger charge is -2.22. The molecule has 0 atom stereocenters. The molecule has 0 aliphatic heterocycles. The summed E-state index contributed by atoms with van der Waals surface area (Å²) in [6.45, 7) is 4.98. The quantitative estimate of drug-likeness (QED) is 0.279. The molecule has 160 valence electrons. The highest BCUT2D eigenvalue weighted by Crippen LogP contribution is 2.23. The number of rotatable bonds is 11. The van der Waals surface area contributed by atoms with Gasteiger partial charge in [-0.3, -0.25) is 4.98 Å².